The molecule has 94 valence electrons. The fourth-order valence-electron chi connectivity index (χ4n) is 1.37. The second-order valence-corrected chi connectivity index (χ2v) is 4.53. The first-order valence-electron chi connectivity index (χ1n) is 5.77. The zero-order valence-corrected chi connectivity index (χ0v) is 10.6. The van der Waals surface area contributed by atoms with Gasteiger partial charge in [0.25, 0.3) is 0 Å². The Morgan fingerprint density at radius 1 is 1.41 bits per heavy atom. The molecule has 0 fully saturated rings. The molecule has 1 rings (SSSR count). The highest BCUT2D eigenvalue weighted by Crippen LogP contribution is 2.15. The Bertz CT molecular complexity index is 377. The number of ether oxygens (including phenoxy) is 1. The summed E-state index contributed by atoms with van der Waals surface area (Å²) in [7, 11) is 0. The molecule has 0 saturated carbocycles. The quantitative estimate of drug-likeness (QED) is 0.790. The van der Waals surface area contributed by atoms with Crippen LogP contribution < -0.4 is 11.1 Å². The van der Waals surface area contributed by atoms with Gasteiger partial charge in [0.15, 0.2) is 0 Å². The minimum atomic E-state index is -0.395. The van der Waals surface area contributed by atoms with E-state index in [9.17, 15) is 4.79 Å². The van der Waals surface area contributed by atoms with Gasteiger partial charge in [-0.3, -0.25) is 0 Å². The number of rotatable bonds is 4. The lowest BCUT2D eigenvalue weighted by molar-refractivity contribution is 0.130. The molecule has 0 aliphatic rings. The molecule has 0 spiro atoms. The summed E-state index contributed by atoms with van der Waals surface area (Å²) >= 11 is 0. The zero-order valence-electron chi connectivity index (χ0n) is 10.6. The van der Waals surface area contributed by atoms with E-state index in [4.69, 9.17) is 10.5 Å². The van der Waals surface area contributed by atoms with E-state index < -0.39 is 6.09 Å². The van der Waals surface area contributed by atoms with Crippen LogP contribution in [0.3, 0.4) is 0 Å². The van der Waals surface area contributed by atoms with Crippen molar-refractivity contribution >= 4 is 11.8 Å². The van der Waals surface area contributed by atoms with E-state index in [1.54, 1.807) is 0 Å². The number of amides is 1. The minimum absolute atomic E-state index is 0.113. The third-order valence-corrected chi connectivity index (χ3v) is 2.29. The number of benzene rings is 1. The molecule has 1 amide bonds. The highest BCUT2D eigenvalue weighted by molar-refractivity contribution is 5.67. The Hall–Kier alpha value is -1.71. The standard InChI is InChI=1S/C13H20N2O2/c1-9(2)8-17-13(16)15-10(3)11-5-4-6-12(14)7-11/h4-7,9-10H,8,14H2,1-3H3,(H,15,16). The van der Waals surface area contributed by atoms with Crippen LogP contribution in [0.15, 0.2) is 24.3 Å². The first-order chi connectivity index (χ1) is 7.99. The summed E-state index contributed by atoms with van der Waals surface area (Å²) in [6.45, 7) is 6.31. The predicted octanol–water partition coefficient (Wildman–Crippen LogP) is 2.71. The molecular formula is C13H20N2O2. The smallest absolute Gasteiger partial charge is 0.407 e. The number of hydrogen-bond donors (Lipinski definition) is 2. The number of anilines is 1. The van der Waals surface area contributed by atoms with Crippen molar-refractivity contribution in [2.45, 2.75) is 26.8 Å². The molecule has 0 bridgehead atoms. The molecule has 1 aromatic carbocycles. The molecule has 3 N–H and O–H groups in total. The van der Waals surface area contributed by atoms with Gasteiger partial charge in [0, 0.05) is 5.69 Å². The van der Waals surface area contributed by atoms with Gasteiger partial charge in [-0.2, -0.15) is 0 Å². The fourth-order valence-corrected chi connectivity index (χ4v) is 1.37. The summed E-state index contributed by atoms with van der Waals surface area (Å²) in [5, 5.41) is 2.76. The van der Waals surface area contributed by atoms with Crippen LogP contribution in [0.1, 0.15) is 32.4 Å². The lowest BCUT2D eigenvalue weighted by Crippen LogP contribution is -2.28. The Kier molecular flexibility index (Phi) is 4.82. The average Bonchev–Trinajstić information content (AvgIpc) is 2.26. The van der Waals surface area contributed by atoms with Crippen molar-refractivity contribution in [2.75, 3.05) is 12.3 Å². The van der Waals surface area contributed by atoms with Gasteiger partial charge in [-0.1, -0.05) is 26.0 Å². The maximum Gasteiger partial charge on any atom is 0.407 e. The largest absolute Gasteiger partial charge is 0.449 e. The van der Waals surface area contributed by atoms with E-state index in [2.05, 4.69) is 5.32 Å². The first-order valence-corrected chi connectivity index (χ1v) is 5.77. The molecule has 4 nitrogen and oxygen atoms in total. The Morgan fingerprint density at radius 3 is 2.71 bits per heavy atom. The molecule has 4 heteroatoms. The number of hydrogen-bond acceptors (Lipinski definition) is 3. The third-order valence-electron chi connectivity index (χ3n) is 2.29. The summed E-state index contributed by atoms with van der Waals surface area (Å²) in [5.74, 6) is 0.337. The maximum absolute atomic E-state index is 11.5. The highest BCUT2D eigenvalue weighted by atomic mass is 16.5. The lowest BCUT2D eigenvalue weighted by Gasteiger charge is -2.15. The Morgan fingerprint density at radius 2 is 2.12 bits per heavy atom. The molecule has 0 saturated heterocycles. The van der Waals surface area contributed by atoms with Gasteiger partial charge < -0.3 is 15.8 Å². The van der Waals surface area contributed by atoms with Gasteiger partial charge in [-0.15, -0.1) is 0 Å². The van der Waals surface area contributed by atoms with Crippen LogP contribution in [0.2, 0.25) is 0 Å². The molecular weight excluding hydrogens is 216 g/mol. The van der Waals surface area contributed by atoms with Crippen LogP contribution in [-0.2, 0) is 4.74 Å². The van der Waals surface area contributed by atoms with Gasteiger partial charge in [-0.05, 0) is 30.5 Å². The molecule has 0 aliphatic heterocycles. The van der Waals surface area contributed by atoms with Gasteiger partial charge in [0.2, 0.25) is 0 Å². The molecule has 1 atom stereocenters. The van der Waals surface area contributed by atoms with E-state index in [1.807, 2.05) is 45.0 Å². The molecule has 1 aromatic rings. The SMILES string of the molecule is CC(C)COC(=O)NC(C)c1cccc(N)c1. The number of nitrogens with one attached hydrogen (secondary N) is 1. The number of carbonyl (C=O) groups is 1. The maximum atomic E-state index is 11.5. The molecule has 0 radical (unpaired) electrons. The van der Waals surface area contributed by atoms with E-state index >= 15 is 0 Å². The predicted molar refractivity (Wildman–Crippen MR) is 68.6 cm³/mol. The fraction of sp³-hybridized carbons (Fsp3) is 0.462. The first kappa shape index (κ1) is 13.4. The zero-order chi connectivity index (χ0) is 12.8. The molecule has 0 aromatic heterocycles. The van der Waals surface area contributed by atoms with Crippen LogP contribution in [0.4, 0.5) is 10.5 Å². The highest BCUT2D eigenvalue weighted by Gasteiger charge is 2.10. The number of alkyl carbamates (subject to hydrolysis) is 1. The number of nitrogen functional groups attached to an aromatic ring is 1. The van der Waals surface area contributed by atoms with Crippen LogP contribution in [0, 0.1) is 5.92 Å². The van der Waals surface area contributed by atoms with Crippen LogP contribution >= 0.6 is 0 Å². The van der Waals surface area contributed by atoms with Crippen molar-refractivity contribution in [3.63, 3.8) is 0 Å². The lowest BCUT2D eigenvalue weighted by atomic mass is 10.1. The topological polar surface area (TPSA) is 64.3 Å². The van der Waals surface area contributed by atoms with Gasteiger partial charge in [0.05, 0.1) is 12.6 Å². The molecule has 0 aliphatic carbocycles. The van der Waals surface area contributed by atoms with Crippen molar-refractivity contribution in [1.82, 2.24) is 5.32 Å². The summed E-state index contributed by atoms with van der Waals surface area (Å²) in [5.41, 5.74) is 7.33. The Labute approximate surface area is 102 Å². The number of carbonyl (C=O) groups excluding carboxylic acids is 1. The van der Waals surface area contributed by atoms with Crippen molar-refractivity contribution in [2.24, 2.45) is 5.92 Å². The van der Waals surface area contributed by atoms with Crippen molar-refractivity contribution in [1.29, 1.82) is 0 Å². The molecule has 0 heterocycles. The normalized spacial score (nSPS) is 12.2. The summed E-state index contributed by atoms with van der Waals surface area (Å²) in [4.78, 5) is 11.5. The molecule has 17 heavy (non-hydrogen) atoms. The van der Waals surface area contributed by atoms with E-state index in [0.29, 0.717) is 18.2 Å². The Balaban J connectivity index is 2.48. The van der Waals surface area contributed by atoms with Crippen molar-refractivity contribution in [3.05, 3.63) is 29.8 Å². The molecule has 1 unspecified atom stereocenters. The monoisotopic (exact) mass is 236 g/mol. The van der Waals surface area contributed by atoms with Crippen LogP contribution in [-0.4, -0.2) is 12.7 Å². The second kappa shape index (κ2) is 6.13. The minimum Gasteiger partial charge on any atom is -0.449 e. The summed E-state index contributed by atoms with van der Waals surface area (Å²) in [6.07, 6.45) is -0.395. The average molecular weight is 236 g/mol. The van der Waals surface area contributed by atoms with E-state index in [0.717, 1.165) is 5.56 Å². The van der Waals surface area contributed by atoms with Crippen molar-refractivity contribution in [3.8, 4) is 0 Å². The van der Waals surface area contributed by atoms with E-state index in [1.165, 1.54) is 0 Å². The van der Waals surface area contributed by atoms with Crippen LogP contribution in [0.5, 0.6) is 0 Å². The number of nitrogens with two attached hydrogens (primary N) is 1. The van der Waals surface area contributed by atoms with Crippen molar-refractivity contribution < 1.29 is 9.53 Å². The third kappa shape index (κ3) is 4.76. The second-order valence-electron chi connectivity index (χ2n) is 4.53. The van der Waals surface area contributed by atoms with Crippen LogP contribution in [0.25, 0.3) is 0 Å². The van der Waals surface area contributed by atoms with E-state index in [-0.39, 0.29) is 6.04 Å². The van der Waals surface area contributed by atoms with Gasteiger partial charge >= 0.3 is 6.09 Å². The summed E-state index contributed by atoms with van der Waals surface area (Å²) < 4.78 is 5.04. The summed E-state index contributed by atoms with van der Waals surface area (Å²) in [6, 6.07) is 7.32. The van der Waals surface area contributed by atoms with Gasteiger partial charge in [0.1, 0.15) is 0 Å². The van der Waals surface area contributed by atoms with Gasteiger partial charge in [-0.25, -0.2) is 4.79 Å².